The van der Waals surface area contributed by atoms with Crippen LogP contribution in [0.4, 0.5) is 26.3 Å². The van der Waals surface area contributed by atoms with Gasteiger partial charge in [0, 0.05) is 44.2 Å². The van der Waals surface area contributed by atoms with Crippen LogP contribution in [0.2, 0.25) is 0 Å². The van der Waals surface area contributed by atoms with Gasteiger partial charge in [-0.3, -0.25) is 0 Å². The van der Waals surface area contributed by atoms with E-state index in [-0.39, 0.29) is 0 Å². The zero-order chi connectivity index (χ0) is 53.0. The topological polar surface area (TPSA) is 69.4 Å². The van der Waals surface area contributed by atoms with Crippen molar-refractivity contribution in [2.24, 2.45) is 0 Å². The maximum Gasteiger partial charge on any atom is 0.416 e. The van der Waals surface area contributed by atoms with E-state index in [1.54, 1.807) is 38.1 Å². The van der Waals surface area contributed by atoms with Gasteiger partial charge in [-0.05, 0) is 108 Å². The number of hydrogen-bond acceptors (Lipinski definition) is 5. The summed E-state index contributed by atoms with van der Waals surface area (Å²) in [6.45, 7) is 3.26. The lowest BCUT2D eigenvalue weighted by atomic mass is 9.98. The first-order valence-electron chi connectivity index (χ1n) is 24.7. The zero-order valence-electron chi connectivity index (χ0n) is 41.2. The Morgan fingerprint density at radius 2 is 0.701 bits per heavy atom. The molecule has 3 heterocycles. The summed E-state index contributed by atoms with van der Waals surface area (Å²) < 4.78 is 88.4. The summed E-state index contributed by atoms with van der Waals surface area (Å²) in [6.07, 6.45) is -9.19. The number of rotatable bonds is 9. The Balaban J connectivity index is 1.18. The van der Waals surface area contributed by atoms with Crippen LogP contribution >= 0.6 is 0 Å². The van der Waals surface area contributed by atoms with Gasteiger partial charge in [0.2, 0.25) is 0 Å². The Morgan fingerprint density at radius 3 is 1.12 bits per heavy atom. The second-order valence-electron chi connectivity index (χ2n) is 18.9. The summed E-state index contributed by atoms with van der Waals surface area (Å²) in [4.78, 5) is 25.7. The highest BCUT2D eigenvalue weighted by molar-refractivity contribution is 6.11. The summed E-state index contributed by atoms with van der Waals surface area (Å²) in [5.41, 5.74) is 8.47. The van der Waals surface area contributed by atoms with Crippen LogP contribution in [0.25, 0.3) is 118 Å². The first-order valence-corrected chi connectivity index (χ1v) is 24.7. The van der Waals surface area contributed by atoms with Crippen LogP contribution in [-0.2, 0) is 12.4 Å². The van der Waals surface area contributed by atoms with Crippen LogP contribution in [0.3, 0.4) is 0 Å². The third-order valence-corrected chi connectivity index (χ3v) is 13.5. The lowest BCUT2D eigenvalue weighted by molar-refractivity contribution is -0.138. The maximum atomic E-state index is 14.4. The van der Waals surface area contributed by atoms with Gasteiger partial charge in [0.15, 0.2) is 23.3 Å². The lowest BCUT2D eigenvalue weighted by Crippen LogP contribution is -2.05. The molecule has 0 N–H and O–H groups in total. The molecule has 0 aliphatic rings. The Hall–Kier alpha value is -9.55. The summed E-state index contributed by atoms with van der Waals surface area (Å²) in [5.74, 6) is 1.59. The second kappa shape index (κ2) is 19.3. The van der Waals surface area contributed by atoms with Gasteiger partial charge in [-0.25, -0.2) is 24.9 Å². The average Bonchev–Trinajstić information content (AvgIpc) is 4.00. The van der Waals surface area contributed by atoms with Crippen LogP contribution in [0, 0.1) is 13.8 Å². The van der Waals surface area contributed by atoms with Crippen molar-refractivity contribution in [3.63, 3.8) is 0 Å². The third-order valence-electron chi connectivity index (χ3n) is 13.5. The average molecular weight is 1020 g/mol. The van der Waals surface area contributed by atoms with Gasteiger partial charge in [-0.1, -0.05) is 158 Å². The molecule has 9 aromatic carbocycles. The molecular formula is C65H42F6N6. The number of hydrogen-bond donors (Lipinski definition) is 0. The van der Waals surface area contributed by atoms with E-state index in [0.29, 0.717) is 95.9 Å². The highest BCUT2D eigenvalue weighted by atomic mass is 19.4. The number of aromatic nitrogens is 6. The van der Waals surface area contributed by atoms with Crippen LogP contribution in [0.1, 0.15) is 22.3 Å². The smallest absolute Gasteiger partial charge is 0.308 e. The fraction of sp³-hybridized carbons (Fsp3) is 0.0615. The standard InChI is InChI=1S/C65H42F6N6/c1-39-29-48(33-50(31-39)64(66,67)68)45-23-26-52-53-27-24-46(49-30-40(2)32-51(34-49)65(69,70)71)37-59(53)77(58(52)36-45)57-28-25-47(62-75-60(43-19-11-5-12-20-43)74-61(76-62)44-21-13-6-14-22-44)35-54(57)63-72-55(41-15-7-3-8-16-41)38-56(73-63)42-17-9-4-10-18-42/h3-38H,1-2H3. The predicted molar refractivity (Wildman–Crippen MR) is 293 cm³/mol. The van der Waals surface area contributed by atoms with Gasteiger partial charge >= 0.3 is 12.4 Å². The van der Waals surface area contributed by atoms with Crippen molar-refractivity contribution in [3.05, 3.63) is 241 Å². The van der Waals surface area contributed by atoms with E-state index < -0.39 is 23.5 Å². The molecule has 0 radical (unpaired) electrons. The largest absolute Gasteiger partial charge is 0.416 e. The van der Waals surface area contributed by atoms with Crippen molar-refractivity contribution < 1.29 is 26.3 Å². The summed E-state index contributed by atoms with van der Waals surface area (Å²) in [7, 11) is 0. The zero-order valence-corrected chi connectivity index (χ0v) is 41.2. The molecular weight excluding hydrogens is 979 g/mol. The van der Waals surface area contributed by atoms with Crippen LogP contribution in [0.5, 0.6) is 0 Å². The van der Waals surface area contributed by atoms with Crippen LogP contribution in [0.15, 0.2) is 218 Å². The summed E-state index contributed by atoms with van der Waals surface area (Å²) in [5, 5.41) is 1.49. The number of benzene rings is 9. The number of fused-ring (bicyclic) bond motifs is 3. The van der Waals surface area contributed by atoms with Gasteiger partial charge in [-0.15, -0.1) is 0 Å². The van der Waals surface area contributed by atoms with Crippen molar-refractivity contribution >= 4 is 21.8 Å². The lowest BCUT2D eigenvalue weighted by Gasteiger charge is -2.17. The summed E-state index contributed by atoms with van der Waals surface area (Å²) >= 11 is 0. The second-order valence-corrected chi connectivity index (χ2v) is 18.9. The molecule has 374 valence electrons. The van der Waals surface area contributed by atoms with Crippen molar-refractivity contribution in [2.75, 3.05) is 0 Å². The normalized spacial score (nSPS) is 11.9. The molecule has 0 saturated carbocycles. The Kier molecular flexibility index (Phi) is 12.1. The van der Waals surface area contributed by atoms with Gasteiger partial charge in [0.1, 0.15) is 0 Å². The monoisotopic (exact) mass is 1020 g/mol. The quantitative estimate of drug-likeness (QED) is 0.135. The first kappa shape index (κ1) is 48.4. The molecule has 12 heteroatoms. The van der Waals surface area contributed by atoms with Crippen molar-refractivity contribution in [1.82, 2.24) is 29.5 Å². The molecule has 0 saturated heterocycles. The van der Waals surface area contributed by atoms with Gasteiger partial charge in [-0.2, -0.15) is 26.3 Å². The highest BCUT2D eigenvalue weighted by Gasteiger charge is 2.32. The SMILES string of the molecule is Cc1cc(-c2ccc3c4ccc(-c5cc(C)cc(C(F)(F)F)c5)cc4n(-c4ccc(-c5nc(-c6ccccc6)nc(-c6ccccc6)n5)cc4-c4nc(-c5ccccc5)cc(-c5ccccc5)n4)c3c2)cc(C(F)(F)F)c1. The van der Waals surface area contributed by atoms with E-state index in [1.165, 1.54) is 0 Å². The molecule has 77 heavy (non-hydrogen) atoms. The molecule has 0 unspecified atom stereocenters. The molecule has 0 amide bonds. The van der Waals surface area contributed by atoms with Crippen molar-refractivity contribution in [1.29, 1.82) is 0 Å². The third kappa shape index (κ3) is 9.61. The minimum atomic E-state index is -4.59. The van der Waals surface area contributed by atoms with E-state index in [2.05, 4.69) is 0 Å². The number of aryl methyl sites for hydroxylation is 2. The maximum absolute atomic E-state index is 14.4. The summed E-state index contributed by atoms with van der Waals surface area (Å²) in [6, 6.07) is 65.4. The van der Waals surface area contributed by atoms with E-state index in [1.807, 2.05) is 174 Å². The fourth-order valence-electron chi connectivity index (χ4n) is 9.93. The predicted octanol–water partition coefficient (Wildman–Crippen LogP) is 17.7. The van der Waals surface area contributed by atoms with E-state index in [0.717, 1.165) is 57.3 Å². The minimum absolute atomic E-state index is 0.326. The molecule has 12 aromatic rings. The van der Waals surface area contributed by atoms with Crippen molar-refractivity contribution in [3.8, 4) is 96.0 Å². The molecule has 0 aliphatic heterocycles. The minimum Gasteiger partial charge on any atom is -0.308 e. The van der Waals surface area contributed by atoms with E-state index in [4.69, 9.17) is 24.9 Å². The molecule has 0 fully saturated rings. The van der Waals surface area contributed by atoms with Crippen LogP contribution in [-0.4, -0.2) is 29.5 Å². The molecule has 3 aromatic heterocycles. The molecule has 0 aliphatic carbocycles. The number of halogens is 6. The van der Waals surface area contributed by atoms with Gasteiger partial charge < -0.3 is 4.57 Å². The van der Waals surface area contributed by atoms with Crippen molar-refractivity contribution in [2.45, 2.75) is 26.2 Å². The molecule has 6 nitrogen and oxygen atoms in total. The van der Waals surface area contributed by atoms with Gasteiger partial charge in [0.25, 0.3) is 0 Å². The van der Waals surface area contributed by atoms with E-state index in [9.17, 15) is 26.3 Å². The Morgan fingerprint density at radius 1 is 0.312 bits per heavy atom. The molecule has 0 spiro atoms. The Bertz CT molecular complexity index is 3960. The Labute approximate surface area is 438 Å². The first-order chi connectivity index (χ1) is 37.2. The van der Waals surface area contributed by atoms with Gasteiger partial charge in [0.05, 0.1) is 39.2 Å². The molecule has 0 bridgehead atoms. The highest BCUT2D eigenvalue weighted by Crippen LogP contribution is 2.43. The van der Waals surface area contributed by atoms with Crippen LogP contribution < -0.4 is 0 Å². The van der Waals surface area contributed by atoms with E-state index >= 15 is 0 Å². The molecule has 0 atom stereocenters. The number of alkyl halides is 6. The molecule has 12 rings (SSSR count). The fourth-order valence-corrected chi connectivity index (χ4v) is 9.93. The number of nitrogens with zero attached hydrogens (tertiary/aromatic N) is 6.